The molecule has 0 aliphatic carbocycles. The van der Waals surface area contributed by atoms with Gasteiger partial charge in [-0.3, -0.25) is 15.2 Å². The van der Waals surface area contributed by atoms with Crippen LogP contribution in [0.15, 0.2) is 54.9 Å². The van der Waals surface area contributed by atoms with E-state index in [1.165, 1.54) is 30.2 Å². The lowest BCUT2D eigenvalue weighted by Gasteiger charge is -2.20. The van der Waals surface area contributed by atoms with Gasteiger partial charge in [-0.2, -0.15) is 23.5 Å². The van der Waals surface area contributed by atoms with Gasteiger partial charge in [0.1, 0.15) is 6.33 Å². The van der Waals surface area contributed by atoms with Gasteiger partial charge in [0.2, 0.25) is 5.82 Å². The average molecular weight is 386 g/mol. The van der Waals surface area contributed by atoms with Gasteiger partial charge < -0.3 is 0 Å². The number of amides is 1. The third-order valence-corrected chi connectivity index (χ3v) is 3.77. The highest BCUT2D eigenvalue weighted by Crippen LogP contribution is 2.30. The molecule has 2 aromatic carbocycles. The van der Waals surface area contributed by atoms with Gasteiger partial charge in [-0.15, -0.1) is 0 Å². The van der Waals surface area contributed by atoms with Gasteiger partial charge in [-0.1, -0.05) is 6.07 Å². The molecule has 0 atom stereocenters. The van der Waals surface area contributed by atoms with Gasteiger partial charge in [0.05, 0.1) is 28.6 Å². The summed E-state index contributed by atoms with van der Waals surface area (Å²) in [5, 5.41) is 13.9. The normalized spacial score (nSPS) is 11.0. The Bertz CT molecular complexity index is 1040. The maximum absolute atomic E-state index is 12.8. The number of aromatic nitrogens is 3. The topological polar surface area (TPSA) is 86.8 Å². The number of nitrogens with zero attached hydrogens (tertiary/aromatic N) is 5. The lowest BCUT2D eigenvalue weighted by molar-refractivity contribution is -0.137. The summed E-state index contributed by atoms with van der Waals surface area (Å²) in [6.07, 6.45) is -3.31. The Kier molecular flexibility index (Phi) is 5.00. The van der Waals surface area contributed by atoms with Crippen LogP contribution in [0.3, 0.4) is 0 Å². The molecule has 10 heteroatoms. The summed E-state index contributed by atoms with van der Waals surface area (Å²) < 4.78 is 39.8. The van der Waals surface area contributed by atoms with Crippen molar-refractivity contribution in [3.05, 3.63) is 71.8 Å². The third kappa shape index (κ3) is 3.93. The molecule has 7 nitrogen and oxygen atoms in total. The smallest absolute Gasteiger partial charge is 0.296 e. The highest BCUT2D eigenvalue weighted by atomic mass is 19.4. The van der Waals surface area contributed by atoms with Crippen molar-refractivity contribution in [1.82, 2.24) is 19.8 Å². The SMILES string of the molecule is CN(Nc1cccc(C(F)(F)F)c1)C(=O)c1ncnn1-c1ccc(C#N)cc1. The molecule has 1 amide bonds. The van der Waals surface area contributed by atoms with Crippen molar-refractivity contribution in [2.45, 2.75) is 6.18 Å². The number of anilines is 1. The summed E-state index contributed by atoms with van der Waals surface area (Å²) in [5.74, 6) is -0.661. The van der Waals surface area contributed by atoms with Crippen molar-refractivity contribution in [2.75, 3.05) is 12.5 Å². The van der Waals surface area contributed by atoms with E-state index in [0.29, 0.717) is 11.3 Å². The molecule has 0 saturated heterocycles. The molecule has 0 spiro atoms. The second-order valence-electron chi connectivity index (χ2n) is 5.71. The number of halogens is 3. The summed E-state index contributed by atoms with van der Waals surface area (Å²) in [7, 11) is 1.36. The van der Waals surface area contributed by atoms with Gasteiger partial charge in [0.15, 0.2) is 0 Å². The maximum atomic E-state index is 12.8. The molecule has 1 heterocycles. The fourth-order valence-corrected chi connectivity index (χ4v) is 2.41. The quantitative estimate of drug-likeness (QED) is 0.696. The van der Waals surface area contributed by atoms with E-state index >= 15 is 0 Å². The number of rotatable bonds is 4. The summed E-state index contributed by atoms with van der Waals surface area (Å²) in [6, 6.07) is 12.8. The van der Waals surface area contributed by atoms with Crippen LogP contribution in [-0.4, -0.2) is 32.7 Å². The molecular weight excluding hydrogens is 373 g/mol. The van der Waals surface area contributed by atoms with E-state index in [0.717, 1.165) is 17.1 Å². The zero-order valence-corrected chi connectivity index (χ0v) is 14.5. The molecule has 3 aromatic rings. The van der Waals surface area contributed by atoms with Crippen LogP contribution in [0.1, 0.15) is 21.7 Å². The number of benzene rings is 2. The van der Waals surface area contributed by atoms with E-state index in [9.17, 15) is 18.0 Å². The first-order valence-electron chi connectivity index (χ1n) is 7.92. The van der Waals surface area contributed by atoms with Gasteiger partial charge in [-0.25, -0.2) is 9.67 Å². The fourth-order valence-electron chi connectivity index (χ4n) is 2.41. The van der Waals surface area contributed by atoms with Crippen molar-refractivity contribution in [3.63, 3.8) is 0 Å². The Morgan fingerprint density at radius 3 is 2.57 bits per heavy atom. The van der Waals surface area contributed by atoms with Gasteiger partial charge in [0.25, 0.3) is 0 Å². The van der Waals surface area contributed by atoms with E-state index in [4.69, 9.17) is 5.26 Å². The minimum Gasteiger partial charge on any atom is -0.296 e. The molecule has 0 aliphatic rings. The molecule has 0 fully saturated rings. The highest BCUT2D eigenvalue weighted by molar-refractivity contribution is 5.91. The first-order valence-corrected chi connectivity index (χ1v) is 7.92. The van der Waals surface area contributed by atoms with Crippen LogP contribution in [0.25, 0.3) is 5.69 Å². The number of hydrogen-bond donors (Lipinski definition) is 1. The van der Waals surface area contributed by atoms with Crippen LogP contribution in [0.4, 0.5) is 18.9 Å². The predicted octanol–water partition coefficient (Wildman–Crippen LogP) is 3.26. The lowest BCUT2D eigenvalue weighted by atomic mass is 10.2. The molecule has 0 saturated carbocycles. The average Bonchev–Trinajstić information content (AvgIpc) is 3.16. The Balaban J connectivity index is 1.81. The third-order valence-electron chi connectivity index (χ3n) is 3.77. The second kappa shape index (κ2) is 7.40. The summed E-state index contributed by atoms with van der Waals surface area (Å²) >= 11 is 0. The second-order valence-corrected chi connectivity index (χ2v) is 5.71. The van der Waals surface area contributed by atoms with Crippen molar-refractivity contribution in [3.8, 4) is 11.8 Å². The first-order chi connectivity index (χ1) is 13.3. The highest BCUT2D eigenvalue weighted by Gasteiger charge is 2.30. The van der Waals surface area contributed by atoms with E-state index in [2.05, 4.69) is 15.5 Å². The number of nitrogens with one attached hydrogen (secondary N) is 1. The molecule has 0 bridgehead atoms. The Hall–Kier alpha value is -3.87. The van der Waals surface area contributed by atoms with Crippen LogP contribution in [0.5, 0.6) is 0 Å². The molecule has 0 aliphatic heterocycles. The van der Waals surface area contributed by atoms with E-state index in [-0.39, 0.29) is 11.5 Å². The molecular formula is C18H13F3N6O. The van der Waals surface area contributed by atoms with E-state index in [1.54, 1.807) is 24.3 Å². The molecule has 1 aromatic heterocycles. The fraction of sp³-hybridized carbons (Fsp3) is 0.111. The number of carbonyl (C=O) groups excluding carboxylic acids is 1. The number of hydrogen-bond acceptors (Lipinski definition) is 5. The molecule has 0 radical (unpaired) electrons. The first kappa shape index (κ1) is 18.9. The van der Waals surface area contributed by atoms with Crippen LogP contribution >= 0.6 is 0 Å². The van der Waals surface area contributed by atoms with Crippen LogP contribution in [0, 0.1) is 11.3 Å². The Morgan fingerprint density at radius 2 is 1.93 bits per heavy atom. The van der Waals surface area contributed by atoms with Crippen molar-refractivity contribution in [1.29, 1.82) is 5.26 Å². The van der Waals surface area contributed by atoms with Crippen molar-refractivity contribution < 1.29 is 18.0 Å². The van der Waals surface area contributed by atoms with Crippen molar-refractivity contribution >= 4 is 11.6 Å². The minimum atomic E-state index is -4.49. The zero-order chi connectivity index (χ0) is 20.3. The van der Waals surface area contributed by atoms with E-state index < -0.39 is 17.6 Å². The summed E-state index contributed by atoms with van der Waals surface area (Å²) in [4.78, 5) is 16.6. The van der Waals surface area contributed by atoms with Crippen LogP contribution in [0.2, 0.25) is 0 Å². The predicted molar refractivity (Wildman–Crippen MR) is 93.2 cm³/mol. The largest absolute Gasteiger partial charge is 0.416 e. The van der Waals surface area contributed by atoms with Crippen LogP contribution < -0.4 is 5.43 Å². The Morgan fingerprint density at radius 1 is 1.21 bits per heavy atom. The van der Waals surface area contributed by atoms with Crippen molar-refractivity contribution in [2.24, 2.45) is 0 Å². The van der Waals surface area contributed by atoms with Crippen LogP contribution in [-0.2, 0) is 6.18 Å². The number of carbonyl (C=O) groups is 1. The molecule has 0 unspecified atom stereocenters. The lowest BCUT2D eigenvalue weighted by Crippen LogP contribution is -2.34. The van der Waals surface area contributed by atoms with Gasteiger partial charge in [-0.05, 0) is 42.5 Å². The molecule has 3 rings (SSSR count). The molecule has 28 heavy (non-hydrogen) atoms. The number of hydrazine groups is 1. The van der Waals surface area contributed by atoms with E-state index in [1.807, 2.05) is 6.07 Å². The number of nitriles is 1. The molecule has 1 N–H and O–H groups in total. The monoisotopic (exact) mass is 386 g/mol. The summed E-state index contributed by atoms with van der Waals surface area (Å²) in [5.41, 5.74) is 2.81. The standard InChI is InChI=1S/C18H13F3N6O/c1-26(25-14-4-2-3-13(9-14)18(19,20)21)17(28)16-23-11-24-27(16)15-7-5-12(10-22)6-8-15/h2-9,11,25H,1H3. The Labute approximate surface area is 157 Å². The number of alkyl halides is 3. The maximum Gasteiger partial charge on any atom is 0.416 e. The minimum absolute atomic E-state index is 0.0494. The molecule has 142 valence electrons. The van der Waals surface area contributed by atoms with Gasteiger partial charge >= 0.3 is 12.1 Å². The zero-order valence-electron chi connectivity index (χ0n) is 14.5. The van der Waals surface area contributed by atoms with Gasteiger partial charge in [0, 0.05) is 7.05 Å². The summed E-state index contributed by atoms with van der Waals surface area (Å²) in [6.45, 7) is 0.